The SMILES string of the molecule is Fc1cncc(C2CC3CCC2N3)c1. The fourth-order valence-corrected chi connectivity index (χ4v) is 2.82. The Morgan fingerprint density at radius 3 is 2.93 bits per heavy atom. The minimum Gasteiger partial charge on any atom is -0.311 e. The Labute approximate surface area is 82.5 Å². The number of aromatic nitrogens is 1. The van der Waals surface area contributed by atoms with Crippen molar-refractivity contribution in [2.75, 3.05) is 0 Å². The van der Waals surface area contributed by atoms with Gasteiger partial charge in [0.05, 0.1) is 6.20 Å². The highest BCUT2D eigenvalue weighted by Gasteiger charge is 2.39. The second kappa shape index (κ2) is 3.02. The molecule has 3 heteroatoms. The maximum Gasteiger partial charge on any atom is 0.141 e. The number of nitrogens with zero attached hydrogens (tertiary/aromatic N) is 1. The number of rotatable bonds is 1. The van der Waals surface area contributed by atoms with Crippen LogP contribution in [0.2, 0.25) is 0 Å². The zero-order valence-corrected chi connectivity index (χ0v) is 7.91. The smallest absolute Gasteiger partial charge is 0.141 e. The number of hydrogen-bond acceptors (Lipinski definition) is 2. The summed E-state index contributed by atoms with van der Waals surface area (Å²) in [5.41, 5.74) is 1.06. The molecule has 0 amide bonds. The molecule has 3 atom stereocenters. The summed E-state index contributed by atoms with van der Waals surface area (Å²) in [7, 11) is 0. The van der Waals surface area contributed by atoms with E-state index >= 15 is 0 Å². The lowest BCUT2D eigenvalue weighted by Crippen LogP contribution is -2.21. The van der Waals surface area contributed by atoms with E-state index in [1.807, 2.05) is 0 Å². The third-order valence-corrected chi connectivity index (χ3v) is 3.45. The first-order valence-corrected chi connectivity index (χ1v) is 5.19. The lowest BCUT2D eigenvalue weighted by atomic mass is 9.85. The molecule has 1 aromatic heterocycles. The van der Waals surface area contributed by atoms with Gasteiger partial charge in [-0.25, -0.2) is 4.39 Å². The maximum absolute atomic E-state index is 13.0. The van der Waals surface area contributed by atoms with Crippen LogP contribution in [0.3, 0.4) is 0 Å². The van der Waals surface area contributed by atoms with Crippen LogP contribution in [0, 0.1) is 5.82 Å². The highest BCUT2D eigenvalue weighted by Crippen LogP contribution is 2.39. The molecule has 0 spiro atoms. The van der Waals surface area contributed by atoms with Gasteiger partial charge in [0.1, 0.15) is 5.82 Å². The van der Waals surface area contributed by atoms with Gasteiger partial charge in [-0.15, -0.1) is 0 Å². The van der Waals surface area contributed by atoms with Gasteiger partial charge in [0.15, 0.2) is 0 Å². The molecule has 0 aliphatic carbocycles. The minimum absolute atomic E-state index is 0.217. The molecule has 14 heavy (non-hydrogen) atoms. The van der Waals surface area contributed by atoms with E-state index in [2.05, 4.69) is 10.3 Å². The highest BCUT2D eigenvalue weighted by molar-refractivity contribution is 5.22. The molecule has 0 radical (unpaired) electrons. The van der Waals surface area contributed by atoms with E-state index in [1.54, 1.807) is 12.3 Å². The van der Waals surface area contributed by atoms with Gasteiger partial charge in [-0.05, 0) is 30.9 Å². The lowest BCUT2D eigenvalue weighted by molar-refractivity contribution is 0.501. The summed E-state index contributed by atoms with van der Waals surface area (Å²) in [6, 6.07) is 2.84. The molecule has 3 heterocycles. The molecule has 2 fully saturated rings. The second-order valence-corrected chi connectivity index (χ2v) is 4.33. The van der Waals surface area contributed by atoms with E-state index in [0.717, 1.165) is 12.0 Å². The average molecular weight is 192 g/mol. The summed E-state index contributed by atoms with van der Waals surface area (Å²) >= 11 is 0. The van der Waals surface area contributed by atoms with Crippen molar-refractivity contribution in [3.8, 4) is 0 Å². The summed E-state index contributed by atoms with van der Waals surface area (Å²) in [6.07, 6.45) is 6.73. The molecule has 2 nitrogen and oxygen atoms in total. The Kier molecular flexibility index (Phi) is 1.80. The van der Waals surface area contributed by atoms with Gasteiger partial charge in [-0.1, -0.05) is 0 Å². The number of pyridine rings is 1. The zero-order valence-electron chi connectivity index (χ0n) is 7.91. The Hall–Kier alpha value is -0.960. The van der Waals surface area contributed by atoms with Crippen LogP contribution in [-0.4, -0.2) is 17.1 Å². The van der Waals surface area contributed by atoms with Crippen molar-refractivity contribution in [2.45, 2.75) is 37.3 Å². The third kappa shape index (κ3) is 1.23. The van der Waals surface area contributed by atoms with Crippen LogP contribution in [0.25, 0.3) is 0 Å². The van der Waals surface area contributed by atoms with Crippen LogP contribution < -0.4 is 5.32 Å². The standard InChI is InChI=1S/C11H13FN2/c12-8-3-7(5-13-6-8)10-4-9-1-2-11(10)14-9/h3,5-6,9-11,14H,1-2,4H2. The molecule has 3 rings (SSSR count). The number of halogens is 1. The first-order chi connectivity index (χ1) is 6.83. The molecule has 2 saturated heterocycles. The summed E-state index contributed by atoms with van der Waals surface area (Å²) < 4.78 is 13.0. The fraction of sp³-hybridized carbons (Fsp3) is 0.545. The van der Waals surface area contributed by atoms with Gasteiger partial charge >= 0.3 is 0 Å². The van der Waals surface area contributed by atoms with Crippen LogP contribution in [0.4, 0.5) is 4.39 Å². The van der Waals surface area contributed by atoms with E-state index in [-0.39, 0.29) is 5.82 Å². The average Bonchev–Trinajstić information content (AvgIpc) is 2.78. The van der Waals surface area contributed by atoms with E-state index in [1.165, 1.54) is 19.0 Å². The molecule has 3 unspecified atom stereocenters. The number of nitrogens with one attached hydrogen (secondary N) is 1. The zero-order chi connectivity index (χ0) is 9.54. The summed E-state index contributed by atoms with van der Waals surface area (Å²) in [5.74, 6) is 0.266. The normalized spacial score (nSPS) is 35.1. The van der Waals surface area contributed by atoms with Crippen LogP contribution in [-0.2, 0) is 0 Å². The largest absolute Gasteiger partial charge is 0.311 e. The third-order valence-electron chi connectivity index (χ3n) is 3.45. The topological polar surface area (TPSA) is 24.9 Å². The van der Waals surface area contributed by atoms with Crippen LogP contribution in [0.1, 0.15) is 30.7 Å². The van der Waals surface area contributed by atoms with Crippen molar-refractivity contribution in [3.05, 3.63) is 29.8 Å². The van der Waals surface area contributed by atoms with Gasteiger partial charge < -0.3 is 5.32 Å². The quantitative estimate of drug-likeness (QED) is 0.734. The van der Waals surface area contributed by atoms with Gasteiger partial charge in [-0.3, -0.25) is 4.98 Å². The molecule has 1 aromatic rings. The van der Waals surface area contributed by atoms with Crippen LogP contribution in [0.5, 0.6) is 0 Å². The molecule has 0 saturated carbocycles. The molecular weight excluding hydrogens is 179 g/mol. The van der Waals surface area contributed by atoms with Crippen molar-refractivity contribution < 1.29 is 4.39 Å². The van der Waals surface area contributed by atoms with Gasteiger partial charge in [0.2, 0.25) is 0 Å². The Balaban J connectivity index is 1.89. The van der Waals surface area contributed by atoms with E-state index in [9.17, 15) is 4.39 Å². The minimum atomic E-state index is -0.217. The van der Waals surface area contributed by atoms with Crippen molar-refractivity contribution in [3.63, 3.8) is 0 Å². The van der Waals surface area contributed by atoms with E-state index in [4.69, 9.17) is 0 Å². The molecular formula is C11H13FN2. The fourth-order valence-electron chi connectivity index (χ4n) is 2.82. The molecule has 0 aromatic carbocycles. The Morgan fingerprint density at radius 1 is 1.36 bits per heavy atom. The number of fused-ring (bicyclic) bond motifs is 2. The van der Waals surface area contributed by atoms with Crippen molar-refractivity contribution >= 4 is 0 Å². The first kappa shape index (κ1) is 8.36. The lowest BCUT2D eigenvalue weighted by Gasteiger charge is -2.19. The van der Waals surface area contributed by atoms with Crippen molar-refractivity contribution in [1.29, 1.82) is 0 Å². The monoisotopic (exact) mass is 192 g/mol. The van der Waals surface area contributed by atoms with E-state index in [0.29, 0.717) is 18.0 Å². The summed E-state index contributed by atoms with van der Waals surface area (Å²) in [5, 5.41) is 3.55. The highest BCUT2D eigenvalue weighted by atomic mass is 19.1. The van der Waals surface area contributed by atoms with Gasteiger partial charge in [0, 0.05) is 24.2 Å². The summed E-state index contributed by atoms with van der Waals surface area (Å²) in [6.45, 7) is 0. The maximum atomic E-state index is 13.0. The molecule has 2 bridgehead atoms. The Morgan fingerprint density at radius 2 is 2.29 bits per heavy atom. The first-order valence-electron chi connectivity index (χ1n) is 5.19. The molecule has 74 valence electrons. The van der Waals surface area contributed by atoms with Crippen molar-refractivity contribution in [2.24, 2.45) is 0 Å². The second-order valence-electron chi connectivity index (χ2n) is 4.33. The predicted molar refractivity (Wildman–Crippen MR) is 51.5 cm³/mol. The van der Waals surface area contributed by atoms with Gasteiger partial charge in [0.25, 0.3) is 0 Å². The van der Waals surface area contributed by atoms with Crippen LogP contribution >= 0.6 is 0 Å². The molecule has 2 aliphatic rings. The van der Waals surface area contributed by atoms with Crippen molar-refractivity contribution in [1.82, 2.24) is 10.3 Å². The van der Waals surface area contributed by atoms with Gasteiger partial charge in [-0.2, -0.15) is 0 Å². The van der Waals surface area contributed by atoms with E-state index < -0.39 is 0 Å². The Bertz CT molecular complexity index is 353. The van der Waals surface area contributed by atoms with Crippen LogP contribution in [0.15, 0.2) is 18.5 Å². The molecule has 2 aliphatic heterocycles. The number of hydrogen-bond donors (Lipinski definition) is 1. The predicted octanol–water partition coefficient (Wildman–Crippen LogP) is 1.83. The summed E-state index contributed by atoms with van der Waals surface area (Å²) in [4.78, 5) is 3.91. The molecule has 1 N–H and O–H groups in total.